The molecule has 17 heavy (non-hydrogen) atoms. The van der Waals surface area contributed by atoms with E-state index in [-0.39, 0.29) is 5.91 Å². The topological polar surface area (TPSA) is 66.6 Å². The zero-order valence-electron chi connectivity index (χ0n) is 10.5. The van der Waals surface area contributed by atoms with Crippen molar-refractivity contribution in [2.45, 2.75) is 39.2 Å². The van der Waals surface area contributed by atoms with Crippen molar-refractivity contribution in [3.63, 3.8) is 0 Å². The quantitative estimate of drug-likeness (QED) is 0.846. The van der Waals surface area contributed by atoms with Crippen LogP contribution in [0.25, 0.3) is 0 Å². The molecule has 0 atom stereocenters. The molecule has 0 bridgehead atoms. The fourth-order valence-electron chi connectivity index (χ4n) is 2.20. The van der Waals surface area contributed by atoms with Crippen LogP contribution in [0.3, 0.4) is 0 Å². The van der Waals surface area contributed by atoms with Crippen LogP contribution in [-0.4, -0.2) is 39.8 Å². The van der Waals surface area contributed by atoms with Crippen molar-refractivity contribution < 1.29 is 14.4 Å². The van der Waals surface area contributed by atoms with Gasteiger partial charge >= 0.3 is 0 Å². The molecule has 1 saturated heterocycles. The van der Waals surface area contributed by atoms with E-state index in [0.717, 1.165) is 17.0 Å². The van der Waals surface area contributed by atoms with Gasteiger partial charge in [0.25, 0.3) is 0 Å². The summed E-state index contributed by atoms with van der Waals surface area (Å²) in [5.41, 5.74) is 1.18. The lowest BCUT2D eigenvalue weighted by molar-refractivity contribution is -0.152. The van der Waals surface area contributed by atoms with Crippen LogP contribution >= 0.6 is 0 Å². The van der Waals surface area contributed by atoms with Gasteiger partial charge in [-0.2, -0.15) is 0 Å². The van der Waals surface area contributed by atoms with Crippen LogP contribution in [0.5, 0.6) is 0 Å². The van der Waals surface area contributed by atoms with Crippen molar-refractivity contribution in [3.8, 4) is 0 Å². The number of nitrogens with zero attached hydrogens (tertiary/aromatic N) is 2. The Hall–Kier alpha value is -1.36. The molecule has 0 radical (unpaired) electrons. The van der Waals surface area contributed by atoms with Gasteiger partial charge in [0.1, 0.15) is 5.76 Å². The van der Waals surface area contributed by atoms with Crippen LogP contribution in [0.1, 0.15) is 30.4 Å². The number of carbonyl (C=O) groups is 1. The molecule has 0 aliphatic carbocycles. The van der Waals surface area contributed by atoms with E-state index in [9.17, 15) is 9.90 Å². The molecule has 5 nitrogen and oxygen atoms in total. The van der Waals surface area contributed by atoms with Gasteiger partial charge in [-0.15, -0.1) is 0 Å². The summed E-state index contributed by atoms with van der Waals surface area (Å²) in [5.74, 6) is 0.863. The highest BCUT2D eigenvalue weighted by atomic mass is 16.5. The molecule has 1 fully saturated rings. The summed E-state index contributed by atoms with van der Waals surface area (Å²) >= 11 is 0. The second-order valence-corrected chi connectivity index (χ2v) is 5.05. The summed E-state index contributed by atoms with van der Waals surface area (Å²) in [6, 6.07) is 0. The van der Waals surface area contributed by atoms with Crippen LogP contribution < -0.4 is 0 Å². The number of likely N-dealkylation sites (tertiary alicyclic amines) is 1. The van der Waals surface area contributed by atoms with E-state index in [2.05, 4.69) is 5.16 Å². The molecule has 94 valence electrons. The van der Waals surface area contributed by atoms with Crippen LogP contribution in [0.2, 0.25) is 0 Å². The van der Waals surface area contributed by atoms with Crippen molar-refractivity contribution in [1.82, 2.24) is 10.1 Å². The fourth-order valence-corrected chi connectivity index (χ4v) is 2.20. The van der Waals surface area contributed by atoms with Crippen molar-refractivity contribution in [2.75, 3.05) is 13.1 Å². The Kier molecular flexibility index (Phi) is 2.95. The Morgan fingerprint density at radius 1 is 1.53 bits per heavy atom. The summed E-state index contributed by atoms with van der Waals surface area (Å²) in [4.78, 5) is 13.5. The maximum absolute atomic E-state index is 11.8. The van der Waals surface area contributed by atoms with E-state index in [0.29, 0.717) is 25.9 Å². The molecule has 1 aromatic rings. The Morgan fingerprint density at radius 3 is 2.65 bits per heavy atom. The van der Waals surface area contributed by atoms with E-state index in [4.69, 9.17) is 4.52 Å². The average Bonchev–Trinajstić information content (AvgIpc) is 2.52. The molecule has 0 saturated carbocycles. The Morgan fingerprint density at radius 2 is 2.18 bits per heavy atom. The van der Waals surface area contributed by atoms with E-state index in [1.807, 2.05) is 13.8 Å². The lowest BCUT2D eigenvalue weighted by Crippen LogP contribution is -2.61. The number of amides is 1. The lowest BCUT2D eigenvalue weighted by Gasteiger charge is -2.44. The number of β-amino-alcohol motifs (C(OH)–C–C–N with tert-alkyl or cyclic N) is 1. The molecule has 1 aliphatic rings. The number of aromatic nitrogens is 1. The highest BCUT2D eigenvalue weighted by molar-refractivity contribution is 5.77. The number of hydrogen-bond acceptors (Lipinski definition) is 4. The summed E-state index contributed by atoms with van der Waals surface area (Å²) in [6.45, 7) is 6.35. The lowest BCUT2D eigenvalue weighted by atomic mass is 9.96. The highest BCUT2D eigenvalue weighted by Crippen LogP contribution is 2.22. The first-order valence-corrected chi connectivity index (χ1v) is 5.81. The van der Waals surface area contributed by atoms with Crippen LogP contribution in [0, 0.1) is 13.8 Å². The standard InChI is InChI=1S/C12H18N2O3/c1-8-10(9(2)17-13-8)4-5-11(15)14-6-12(3,16)7-14/h16H,4-7H2,1-3H3. The van der Waals surface area contributed by atoms with Crippen LogP contribution in [0.4, 0.5) is 0 Å². The minimum atomic E-state index is -0.696. The molecule has 1 aromatic heterocycles. The average molecular weight is 238 g/mol. The Balaban J connectivity index is 1.85. The van der Waals surface area contributed by atoms with Crippen LogP contribution in [-0.2, 0) is 11.2 Å². The summed E-state index contributed by atoms with van der Waals surface area (Å²) in [6.07, 6.45) is 1.09. The molecule has 2 heterocycles. The van der Waals surface area contributed by atoms with Gasteiger partial charge in [0.15, 0.2) is 0 Å². The van der Waals surface area contributed by atoms with Crippen molar-refractivity contribution >= 4 is 5.91 Å². The van der Waals surface area contributed by atoms with E-state index < -0.39 is 5.60 Å². The van der Waals surface area contributed by atoms with Crippen molar-refractivity contribution in [3.05, 3.63) is 17.0 Å². The number of rotatable bonds is 3. The van der Waals surface area contributed by atoms with Gasteiger partial charge in [-0.3, -0.25) is 4.79 Å². The molecule has 0 aromatic carbocycles. The zero-order valence-corrected chi connectivity index (χ0v) is 10.5. The molecule has 1 N–H and O–H groups in total. The number of carbonyl (C=O) groups excluding carboxylic acids is 1. The van der Waals surface area contributed by atoms with Crippen molar-refractivity contribution in [1.29, 1.82) is 0 Å². The van der Waals surface area contributed by atoms with Crippen LogP contribution in [0.15, 0.2) is 4.52 Å². The maximum Gasteiger partial charge on any atom is 0.223 e. The largest absolute Gasteiger partial charge is 0.386 e. The zero-order chi connectivity index (χ0) is 12.6. The van der Waals surface area contributed by atoms with Gasteiger partial charge in [-0.05, 0) is 27.2 Å². The highest BCUT2D eigenvalue weighted by Gasteiger charge is 2.38. The molecule has 0 unspecified atom stereocenters. The van der Waals surface area contributed by atoms with E-state index in [1.165, 1.54) is 0 Å². The monoisotopic (exact) mass is 238 g/mol. The summed E-state index contributed by atoms with van der Waals surface area (Å²) < 4.78 is 5.05. The fraction of sp³-hybridized carbons (Fsp3) is 0.667. The van der Waals surface area contributed by atoms with Gasteiger partial charge in [0.2, 0.25) is 5.91 Å². The van der Waals surface area contributed by atoms with Gasteiger partial charge in [-0.25, -0.2) is 0 Å². The summed E-state index contributed by atoms with van der Waals surface area (Å²) in [5, 5.41) is 13.4. The van der Waals surface area contributed by atoms with E-state index >= 15 is 0 Å². The second kappa shape index (κ2) is 4.14. The summed E-state index contributed by atoms with van der Waals surface area (Å²) in [7, 11) is 0. The molecular formula is C12H18N2O3. The number of aryl methyl sites for hydroxylation is 2. The van der Waals surface area contributed by atoms with Gasteiger partial charge in [0, 0.05) is 12.0 Å². The third kappa shape index (κ3) is 2.49. The molecule has 0 spiro atoms. The van der Waals surface area contributed by atoms with Crippen molar-refractivity contribution in [2.24, 2.45) is 0 Å². The van der Waals surface area contributed by atoms with E-state index in [1.54, 1.807) is 11.8 Å². The minimum absolute atomic E-state index is 0.0801. The normalized spacial score (nSPS) is 18.0. The van der Waals surface area contributed by atoms with Gasteiger partial charge in [0.05, 0.1) is 24.4 Å². The Labute approximate surface area is 100 Å². The third-order valence-corrected chi connectivity index (χ3v) is 3.19. The maximum atomic E-state index is 11.8. The van der Waals surface area contributed by atoms with Gasteiger partial charge in [-0.1, -0.05) is 5.16 Å². The first-order valence-electron chi connectivity index (χ1n) is 5.81. The molecular weight excluding hydrogens is 220 g/mol. The molecule has 5 heteroatoms. The predicted molar refractivity (Wildman–Crippen MR) is 61.5 cm³/mol. The molecule has 1 aliphatic heterocycles. The number of hydrogen-bond donors (Lipinski definition) is 1. The first-order chi connectivity index (χ1) is 7.89. The second-order valence-electron chi connectivity index (χ2n) is 5.05. The third-order valence-electron chi connectivity index (χ3n) is 3.19. The predicted octanol–water partition coefficient (Wildman–Crippen LogP) is 0.817. The minimum Gasteiger partial charge on any atom is -0.386 e. The number of aliphatic hydroxyl groups is 1. The molecule has 2 rings (SSSR count). The SMILES string of the molecule is Cc1noc(C)c1CCC(=O)N1CC(C)(O)C1. The Bertz CT molecular complexity index is 409. The molecule has 1 amide bonds. The first kappa shape index (κ1) is 12.1. The smallest absolute Gasteiger partial charge is 0.223 e. The van der Waals surface area contributed by atoms with Gasteiger partial charge < -0.3 is 14.5 Å².